The Bertz CT molecular complexity index is 619. The molecular formula is C16H17ClN2OS. The van der Waals surface area contributed by atoms with Crippen molar-refractivity contribution in [1.29, 1.82) is 0 Å². The van der Waals surface area contributed by atoms with Gasteiger partial charge in [-0.05, 0) is 35.9 Å². The molecule has 2 N–H and O–H groups in total. The zero-order chi connectivity index (χ0) is 15.2. The van der Waals surface area contributed by atoms with Gasteiger partial charge in [-0.1, -0.05) is 29.8 Å². The topological polar surface area (TPSA) is 46.3 Å². The van der Waals surface area contributed by atoms with Crippen molar-refractivity contribution < 1.29 is 4.79 Å². The number of hydrogen-bond donors (Lipinski definition) is 1. The van der Waals surface area contributed by atoms with Crippen LogP contribution in [0.3, 0.4) is 0 Å². The number of hydrogen-bond acceptors (Lipinski definition) is 3. The summed E-state index contributed by atoms with van der Waals surface area (Å²) in [5.74, 6) is 0.461. The first kappa shape index (κ1) is 15.7. The van der Waals surface area contributed by atoms with Crippen LogP contribution in [0.25, 0.3) is 0 Å². The van der Waals surface area contributed by atoms with Crippen LogP contribution >= 0.6 is 23.4 Å². The summed E-state index contributed by atoms with van der Waals surface area (Å²) < 4.78 is 0. The van der Waals surface area contributed by atoms with E-state index in [9.17, 15) is 4.79 Å². The molecule has 0 saturated carbocycles. The van der Waals surface area contributed by atoms with Crippen LogP contribution in [0.15, 0.2) is 53.4 Å². The molecule has 0 heterocycles. The molecule has 0 unspecified atom stereocenters. The Morgan fingerprint density at radius 2 is 1.95 bits per heavy atom. The Hall–Kier alpha value is -1.65. The van der Waals surface area contributed by atoms with E-state index >= 15 is 0 Å². The van der Waals surface area contributed by atoms with Crippen LogP contribution in [-0.4, -0.2) is 23.6 Å². The summed E-state index contributed by atoms with van der Waals surface area (Å²) in [6.07, 6.45) is 0. The van der Waals surface area contributed by atoms with Crippen molar-refractivity contribution in [3.63, 3.8) is 0 Å². The van der Waals surface area contributed by atoms with Gasteiger partial charge in [0.15, 0.2) is 0 Å². The summed E-state index contributed by atoms with van der Waals surface area (Å²) >= 11 is 7.65. The summed E-state index contributed by atoms with van der Waals surface area (Å²) in [6, 6.07) is 15.2. The number of nitrogens with two attached hydrogens (primary N) is 1. The van der Waals surface area contributed by atoms with Crippen LogP contribution in [0.1, 0.15) is 5.56 Å². The van der Waals surface area contributed by atoms with E-state index in [-0.39, 0.29) is 5.91 Å². The first-order valence-corrected chi connectivity index (χ1v) is 7.88. The predicted octanol–water partition coefficient (Wildman–Crippen LogP) is 3.67. The molecule has 2 aromatic rings. The molecule has 0 aliphatic heterocycles. The maximum atomic E-state index is 12.1. The van der Waals surface area contributed by atoms with Crippen molar-refractivity contribution in [3.05, 3.63) is 59.1 Å². The largest absolute Gasteiger partial charge is 0.399 e. The minimum absolute atomic E-state index is 0.0577. The molecule has 21 heavy (non-hydrogen) atoms. The van der Waals surface area contributed by atoms with Gasteiger partial charge in [-0.15, -0.1) is 11.8 Å². The highest BCUT2D eigenvalue weighted by molar-refractivity contribution is 8.00. The Balaban J connectivity index is 1.92. The molecule has 0 aliphatic carbocycles. The standard InChI is InChI=1S/C16H17ClN2OS/c1-19(10-12-9-13(18)7-8-15(12)17)16(20)11-21-14-5-3-2-4-6-14/h2-9H,10-11,18H2,1H3. The molecule has 5 heteroatoms. The van der Waals surface area contributed by atoms with Crippen LogP contribution in [0.5, 0.6) is 0 Å². The molecule has 2 aromatic carbocycles. The first-order chi connectivity index (χ1) is 10.1. The second-order valence-corrected chi connectivity index (χ2v) is 6.16. The van der Waals surface area contributed by atoms with Gasteiger partial charge in [0.25, 0.3) is 0 Å². The quantitative estimate of drug-likeness (QED) is 0.675. The fourth-order valence-electron chi connectivity index (χ4n) is 1.83. The third kappa shape index (κ3) is 4.69. The molecule has 1 amide bonds. The molecule has 3 nitrogen and oxygen atoms in total. The van der Waals surface area contributed by atoms with Gasteiger partial charge in [-0.25, -0.2) is 0 Å². The van der Waals surface area contributed by atoms with E-state index in [1.807, 2.05) is 30.3 Å². The molecule has 0 aliphatic rings. The first-order valence-electron chi connectivity index (χ1n) is 6.52. The summed E-state index contributed by atoms with van der Waals surface area (Å²) in [5, 5.41) is 0.625. The Morgan fingerprint density at radius 1 is 1.24 bits per heavy atom. The van der Waals surface area contributed by atoms with E-state index < -0.39 is 0 Å². The Morgan fingerprint density at radius 3 is 2.67 bits per heavy atom. The van der Waals surface area contributed by atoms with Crippen molar-refractivity contribution in [2.45, 2.75) is 11.4 Å². The zero-order valence-electron chi connectivity index (χ0n) is 11.8. The second kappa shape index (κ2) is 7.38. The summed E-state index contributed by atoms with van der Waals surface area (Å²) in [5.41, 5.74) is 7.25. The maximum absolute atomic E-state index is 12.1. The predicted molar refractivity (Wildman–Crippen MR) is 89.5 cm³/mol. The number of nitrogen functional groups attached to an aromatic ring is 1. The average Bonchev–Trinajstić information content (AvgIpc) is 2.49. The van der Waals surface area contributed by atoms with E-state index in [0.29, 0.717) is 23.0 Å². The number of carbonyl (C=O) groups is 1. The number of benzene rings is 2. The molecular weight excluding hydrogens is 304 g/mol. The zero-order valence-corrected chi connectivity index (χ0v) is 13.3. The molecule has 0 fully saturated rings. The number of thioether (sulfide) groups is 1. The SMILES string of the molecule is CN(Cc1cc(N)ccc1Cl)C(=O)CSc1ccccc1. The van der Waals surface area contributed by atoms with Crippen LogP contribution in [0, 0.1) is 0 Å². The number of nitrogens with zero attached hydrogens (tertiary/aromatic N) is 1. The van der Waals surface area contributed by atoms with Crippen LogP contribution in [-0.2, 0) is 11.3 Å². The second-order valence-electron chi connectivity index (χ2n) is 4.70. The Kier molecular flexibility index (Phi) is 5.53. The number of halogens is 1. The van der Waals surface area contributed by atoms with Crippen molar-refractivity contribution >= 4 is 35.0 Å². The van der Waals surface area contributed by atoms with Gasteiger partial charge in [-0.3, -0.25) is 4.79 Å². The number of anilines is 1. The lowest BCUT2D eigenvalue weighted by molar-refractivity contribution is -0.127. The van der Waals surface area contributed by atoms with Gasteiger partial charge >= 0.3 is 0 Å². The molecule has 0 spiro atoms. The van der Waals surface area contributed by atoms with Crippen molar-refractivity contribution in [2.24, 2.45) is 0 Å². The third-order valence-corrected chi connectivity index (χ3v) is 4.37. The van der Waals surface area contributed by atoms with Crippen molar-refractivity contribution in [1.82, 2.24) is 4.90 Å². The summed E-state index contributed by atoms with van der Waals surface area (Å²) in [6.45, 7) is 0.456. The maximum Gasteiger partial charge on any atom is 0.232 e. The monoisotopic (exact) mass is 320 g/mol. The van der Waals surface area contributed by atoms with Gasteiger partial charge in [0.1, 0.15) is 0 Å². The van der Waals surface area contributed by atoms with Gasteiger partial charge < -0.3 is 10.6 Å². The van der Waals surface area contributed by atoms with E-state index in [0.717, 1.165) is 10.5 Å². The summed E-state index contributed by atoms with van der Waals surface area (Å²) in [7, 11) is 1.77. The molecule has 2 rings (SSSR count). The molecule has 0 saturated heterocycles. The lowest BCUT2D eigenvalue weighted by Crippen LogP contribution is -2.27. The fraction of sp³-hybridized carbons (Fsp3) is 0.188. The highest BCUT2D eigenvalue weighted by atomic mass is 35.5. The van der Waals surface area contributed by atoms with Crippen molar-refractivity contribution in [3.8, 4) is 0 Å². The molecule has 110 valence electrons. The van der Waals surface area contributed by atoms with E-state index in [2.05, 4.69) is 0 Å². The van der Waals surface area contributed by atoms with Crippen LogP contribution < -0.4 is 5.73 Å². The lowest BCUT2D eigenvalue weighted by atomic mass is 10.2. The summed E-state index contributed by atoms with van der Waals surface area (Å²) in [4.78, 5) is 14.9. The molecule has 0 radical (unpaired) electrons. The normalized spacial score (nSPS) is 10.4. The number of rotatable bonds is 5. The molecule has 0 atom stereocenters. The van der Waals surface area contributed by atoms with Gasteiger partial charge in [0, 0.05) is 29.2 Å². The number of amides is 1. The van der Waals surface area contributed by atoms with Gasteiger partial charge in [0.2, 0.25) is 5.91 Å². The molecule has 0 bridgehead atoms. The minimum atomic E-state index is 0.0577. The van der Waals surface area contributed by atoms with Gasteiger partial charge in [-0.2, -0.15) is 0 Å². The minimum Gasteiger partial charge on any atom is -0.399 e. The van der Waals surface area contributed by atoms with Crippen molar-refractivity contribution in [2.75, 3.05) is 18.5 Å². The number of carbonyl (C=O) groups excluding carboxylic acids is 1. The smallest absolute Gasteiger partial charge is 0.232 e. The molecule has 0 aromatic heterocycles. The fourth-order valence-corrected chi connectivity index (χ4v) is 2.87. The van der Waals surface area contributed by atoms with Crippen LogP contribution in [0.4, 0.5) is 5.69 Å². The highest BCUT2D eigenvalue weighted by Gasteiger charge is 2.11. The third-order valence-electron chi connectivity index (χ3n) is 3.01. The van der Waals surface area contributed by atoms with E-state index in [4.69, 9.17) is 17.3 Å². The van der Waals surface area contributed by atoms with Crippen LogP contribution in [0.2, 0.25) is 5.02 Å². The lowest BCUT2D eigenvalue weighted by Gasteiger charge is -2.18. The van der Waals surface area contributed by atoms with E-state index in [1.54, 1.807) is 30.1 Å². The Labute approximate surface area is 134 Å². The average molecular weight is 321 g/mol. The van der Waals surface area contributed by atoms with Gasteiger partial charge in [0.05, 0.1) is 5.75 Å². The highest BCUT2D eigenvalue weighted by Crippen LogP contribution is 2.21. The van der Waals surface area contributed by atoms with E-state index in [1.165, 1.54) is 11.8 Å².